The Morgan fingerprint density at radius 3 is 2.40 bits per heavy atom. The van der Waals surface area contributed by atoms with E-state index in [0.717, 1.165) is 10.6 Å². The maximum atomic E-state index is 12.2. The van der Waals surface area contributed by atoms with E-state index in [9.17, 15) is 4.79 Å². The largest absolute Gasteiger partial charge is 0.491 e. The first-order chi connectivity index (χ1) is 11.9. The number of carbonyl (C=O) groups is 1. The second kappa shape index (κ2) is 8.95. The van der Waals surface area contributed by atoms with Crippen LogP contribution in [0.4, 0.5) is 0 Å². The molecule has 0 unspecified atom stereocenters. The zero-order valence-electron chi connectivity index (χ0n) is 15.4. The number of nitrogens with one attached hydrogen (secondary N) is 1. The van der Waals surface area contributed by atoms with Crippen LogP contribution >= 0.6 is 11.8 Å². The monoisotopic (exact) mass is 357 g/mol. The average Bonchev–Trinajstić information content (AvgIpc) is 2.59. The van der Waals surface area contributed by atoms with Crippen molar-refractivity contribution >= 4 is 17.7 Å². The molecule has 25 heavy (non-hydrogen) atoms. The molecule has 0 fully saturated rings. The minimum atomic E-state index is -0.135. The molecule has 0 heterocycles. The van der Waals surface area contributed by atoms with Gasteiger partial charge in [0.1, 0.15) is 12.4 Å². The van der Waals surface area contributed by atoms with Crippen LogP contribution in [0.2, 0.25) is 0 Å². The van der Waals surface area contributed by atoms with Gasteiger partial charge in [-0.2, -0.15) is 0 Å². The van der Waals surface area contributed by atoms with Crippen molar-refractivity contribution in [3.8, 4) is 5.75 Å². The van der Waals surface area contributed by atoms with Crippen LogP contribution in [0.3, 0.4) is 0 Å². The van der Waals surface area contributed by atoms with Gasteiger partial charge in [-0.05, 0) is 36.1 Å². The maximum absolute atomic E-state index is 12.2. The summed E-state index contributed by atoms with van der Waals surface area (Å²) < 4.78 is 5.89. The lowest BCUT2D eigenvalue weighted by Crippen LogP contribution is -2.34. The molecule has 2 rings (SSSR count). The fraction of sp³-hybridized carbons (Fsp3) is 0.381. The summed E-state index contributed by atoms with van der Waals surface area (Å²) in [5, 5.41) is 2.81. The Hall–Kier alpha value is -1.94. The molecule has 1 N–H and O–H groups in total. The molecule has 0 saturated heterocycles. The van der Waals surface area contributed by atoms with Crippen LogP contribution in [0.5, 0.6) is 5.75 Å². The van der Waals surface area contributed by atoms with Gasteiger partial charge in [0.15, 0.2) is 0 Å². The molecule has 0 aliphatic rings. The molecule has 0 aliphatic carbocycles. The van der Waals surface area contributed by atoms with Gasteiger partial charge in [-0.1, -0.05) is 57.2 Å². The highest BCUT2D eigenvalue weighted by atomic mass is 32.2. The third kappa shape index (κ3) is 6.13. The lowest BCUT2D eigenvalue weighted by Gasteiger charge is -2.22. The lowest BCUT2D eigenvalue weighted by atomic mass is 9.86. The third-order valence-corrected chi connectivity index (χ3v) is 4.89. The van der Waals surface area contributed by atoms with Gasteiger partial charge in [0.2, 0.25) is 5.91 Å². The second-order valence-electron chi connectivity index (χ2n) is 6.96. The number of thioether (sulfide) groups is 1. The van der Waals surface area contributed by atoms with E-state index in [1.54, 1.807) is 11.8 Å². The predicted octanol–water partition coefficient (Wildman–Crippen LogP) is 4.66. The lowest BCUT2D eigenvalue weighted by molar-refractivity contribution is -0.120. The van der Waals surface area contributed by atoms with Crippen LogP contribution in [-0.4, -0.2) is 24.3 Å². The quantitative estimate of drug-likeness (QED) is 0.578. The Balaban J connectivity index is 1.79. The first-order valence-corrected chi connectivity index (χ1v) is 9.47. The molecule has 1 amide bonds. The third-order valence-electron chi connectivity index (χ3n) is 3.78. The van der Waals surface area contributed by atoms with E-state index in [0.29, 0.717) is 13.2 Å². The first kappa shape index (κ1) is 19.4. The average molecular weight is 358 g/mol. The molecule has 0 radical (unpaired) electrons. The predicted molar refractivity (Wildman–Crippen MR) is 105 cm³/mol. The van der Waals surface area contributed by atoms with Crippen LogP contribution < -0.4 is 10.1 Å². The number of rotatable bonds is 7. The summed E-state index contributed by atoms with van der Waals surface area (Å²) in [6, 6.07) is 18.0. The van der Waals surface area contributed by atoms with E-state index >= 15 is 0 Å². The molecule has 4 heteroatoms. The maximum Gasteiger partial charge on any atom is 0.233 e. The van der Waals surface area contributed by atoms with E-state index in [-0.39, 0.29) is 16.6 Å². The van der Waals surface area contributed by atoms with Gasteiger partial charge in [0.25, 0.3) is 0 Å². The van der Waals surface area contributed by atoms with E-state index in [2.05, 4.69) is 32.2 Å². The van der Waals surface area contributed by atoms with E-state index in [1.807, 2.05) is 55.5 Å². The number of amides is 1. The van der Waals surface area contributed by atoms with E-state index in [4.69, 9.17) is 4.74 Å². The molecule has 0 spiro atoms. The normalized spacial score (nSPS) is 12.5. The van der Waals surface area contributed by atoms with Gasteiger partial charge >= 0.3 is 0 Å². The summed E-state index contributed by atoms with van der Waals surface area (Å²) in [6.45, 7) is 9.37. The Kier molecular flexibility index (Phi) is 6.94. The van der Waals surface area contributed by atoms with Crippen molar-refractivity contribution in [2.45, 2.75) is 43.3 Å². The van der Waals surface area contributed by atoms with Gasteiger partial charge in [0.05, 0.1) is 11.8 Å². The highest BCUT2D eigenvalue weighted by molar-refractivity contribution is 8.00. The number of carbonyl (C=O) groups excluding carboxylic acids is 1. The molecule has 2 aromatic rings. The Bertz CT molecular complexity index is 680. The molecule has 0 bridgehead atoms. The van der Waals surface area contributed by atoms with E-state index < -0.39 is 0 Å². The van der Waals surface area contributed by atoms with Crippen LogP contribution in [-0.2, 0) is 10.2 Å². The SMILES string of the molecule is C[C@H](Sc1ccccc1)C(=O)NCCOc1ccccc1C(C)(C)C. The summed E-state index contributed by atoms with van der Waals surface area (Å²) >= 11 is 1.56. The molecule has 2 aromatic carbocycles. The summed E-state index contributed by atoms with van der Waals surface area (Å²) in [4.78, 5) is 13.3. The van der Waals surface area contributed by atoms with Gasteiger partial charge < -0.3 is 10.1 Å². The van der Waals surface area contributed by atoms with Crippen molar-refractivity contribution in [1.29, 1.82) is 0 Å². The molecule has 3 nitrogen and oxygen atoms in total. The molecular formula is C21H27NO2S. The smallest absolute Gasteiger partial charge is 0.233 e. The van der Waals surface area contributed by atoms with Gasteiger partial charge in [0, 0.05) is 4.90 Å². The van der Waals surface area contributed by atoms with Crippen molar-refractivity contribution in [2.75, 3.05) is 13.2 Å². The Morgan fingerprint density at radius 2 is 1.72 bits per heavy atom. The molecule has 0 aliphatic heterocycles. The van der Waals surface area contributed by atoms with Crippen LogP contribution in [0.1, 0.15) is 33.3 Å². The molecule has 0 saturated carbocycles. The molecule has 134 valence electrons. The topological polar surface area (TPSA) is 38.3 Å². The number of hydrogen-bond acceptors (Lipinski definition) is 3. The summed E-state index contributed by atoms with van der Waals surface area (Å²) in [7, 11) is 0. The number of benzene rings is 2. The minimum Gasteiger partial charge on any atom is -0.491 e. The second-order valence-corrected chi connectivity index (χ2v) is 8.37. The van der Waals surface area contributed by atoms with Crippen molar-refractivity contribution in [3.05, 3.63) is 60.2 Å². The van der Waals surface area contributed by atoms with Gasteiger partial charge in [-0.15, -0.1) is 11.8 Å². The first-order valence-electron chi connectivity index (χ1n) is 8.59. The molecule has 0 aromatic heterocycles. The molecular weight excluding hydrogens is 330 g/mol. The van der Waals surface area contributed by atoms with Crippen molar-refractivity contribution in [1.82, 2.24) is 5.32 Å². The number of hydrogen-bond donors (Lipinski definition) is 1. The Morgan fingerprint density at radius 1 is 1.08 bits per heavy atom. The van der Waals surface area contributed by atoms with Crippen LogP contribution in [0.15, 0.2) is 59.5 Å². The fourth-order valence-corrected chi connectivity index (χ4v) is 3.36. The van der Waals surface area contributed by atoms with Crippen LogP contribution in [0, 0.1) is 0 Å². The number of ether oxygens (including phenoxy) is 1. The van der Waals surface area contributed by atoms with Crippen molar-refractivity contribution in [2.24, 2.45) is 0 Å². The van der Waals surface area contributed by atoms with E-state index in [1.165, 1.54) is 5.56 Å². The van der Waals surface area contributed by atoms with Crippen molar-refractivity contribution in [3.63, 3.8) is 0 Å². The van der Waals surface area contributed by atoms with Crippen LogP contribution in [0.25, 0.3) is 0 Å². The van der Waals surface area contributed by atoms with Crippen molar-refractivity contribution < 1.29 is 9.53 Å². The van der Waals surface area contributed by atoms with Gasteiger partial charge in [-0.25, -0.2) is 0 Å². The Labute approximate surface area is 155 Å². The zero-order chi connectivity index (χ0) is 18.3. The number of para-hydroxylation sites is 1. The summed E-state index contributed by atoms with van der Waals surface area (Å²) in [5.74, 6) is 0.914. The summed E-state index contributed by atoms with van der Waals surface area (Å²) in [5.41, 5.74) is 1.20. The zero-order valence-corrected chi connectivity index (χ0v) is 16.2. The minimum absolute atomic E-state index is 0.0285. The standard InChI is InChI=1S/C21H27NO2S/c1-16(25-17-10-6-5-7-11-17)20(23)22-14-15-24-19-13-9-8-12-18(19)21(2,3)4/h5-13,16H,14-15H2,1-4H3,(H,22,23)/t16-/m0/s1. The summed E-state index contributed by atoms with van der Waals surface area (Å²) in [6.07, 6.45) is 0. The fourth-order valence-electron chi connectivity index (χ4n) is 2.45. The molecule has 1 atom stereocenters. The highest BCUT2D eigenvalue weighted by Gasteiger charge is 2.18. The highest BCUT2D eigenvalue weighted by Crippen LogP contribution is 2.30. The van der Waals surface area contributed by atoms with Gasteiger partial charge in [-0.3, -0.25) is 4.79 Å².